The number of rotatable bonds is 4. The van der Waals surface area contributed by atoms with E-state index in [1.807, 2.05) is 25.1 Å². The number of nitrogens with two attached hydrogens (primary N) is 1. The summed E-state index contributed by atoms with van der Waals surface area (Å²) in [4.78, 5) is 12.3. The first-order valence-electron chi connectivity index (χ1n) is 8.01. The molecule has 2 aliphatic heterocycles. The number of fused-ring (bicyclic) bond motifs is 1. The van der Waals surface area contributed by atoms with Crippen LogP contribution in [0.3, 0.4) is 0 Å². The van der Waals surface area contributed by atoms with Gasteiger partial charge in [-0.15, -0.1) is 0 Å². The van der Waals surface area contributed by atoms with Crippen molar-refractivity contribution < 1.29 is 14.3 Å². The number of carbonyl (C=O) groups excluding carboxylic acids is 1. The Morgan fingerprint density at radius 2 is 2.18 bits per heavy atom. The van der Waals surface area contributed by atoms with Crippen molar-refractivity contribution in [1.29, 1.82) is 0 Å². The van der Waals surface area contributed by atoms with Gasteiger partial charge in [0.05, 0.1) is 12.1 Å². The van der Waals surface area contributed by atoms with Crippen LogP contribution in [0, 0.1) is 0 Å². The van der Waals surface area contributed by atoms with E-state index in [1.54, 1.807) is 0 Å². The molecule has 5 heteroatoms. The number of hydrogen-bond acceptors (Lipinski definition) is 4. The first-order valence-corrected chi connectivity index (χ1v) is 8.01. The van der Waals surface area contributed by atoms with Crippen LogP contribution in [0.2, 0.25) is 0 Å². The third kappa shape index (κ3) is 2.83. The Morgan fingerprint density at radius 3 is 2.86 bits per heavy atom. The average molecular weight is 304 g/mol. The highest BCUT2D eigenvalue weighted by molar-refractivity contribution is 5.81. The molecule has 5 nitrogen and oxygen atoms in total. The van der Waals surface area contributed by atoms with Crippen LogP contribution in [0.15, 0.2) is 24.3 Å². The van der Waals surface area contributed by atoms with Crippen molar-refractivity contribution >= 4 is 5.91 Å². The standard InChI is InChI=1S/C17H24N2O3/c1-10-13-5-3-4-6-14(13)22-16(10)11(2)19-17(20)15-8-7-12(9-18)21-15/h3-6,10-12,15-16H,7-9,18H2,1-2H3,(H,19,20)/t10?,11?,12-,15+,16?/m1/s1. The molecule has 0 radical (unpaired) electrons. The van der Waals surface area contributed by atoms with Gasteiger partial charge in [-0.05, 0) is 25.8 Å². The molecular formula is C17H24N2O3. The Morgan fingerprint density at radius 1 is 1.41 bits per heavy atom. The molecule has 3 unspecified atom stereocenters. The smallest absolute Gasteiger partial charge is 0.249 e. The van der Waals surface area contributed by atoms with E-state index in [0.717, 1.165) is 18.6 Å². The summed E-state index contributed by atoms with van der Waals surface area (Å²) in [7, 11) is 0. The second-order valence-corrected chi connectivity index (χ2v) is 6.27. The van der Waals surface area contributed by atoms with Crippen LogP contribution in [-0.4, -0.2) is 36.8 Å². The fourth-order valence-corrected chi connectivity index (χ4v) is 3.40. The SMILES string of the molecule is CC(NC(=O)[C@@H]1CC[C@H](CN)O1)C1Oc2ccccc2C1C. The molecule has 22 heavy (non-hydrogen) atoms. The Balaban J connectivity index is 1.59. The molecule has 0 bridgehead atoms. The van der Waals surface area contributed by atoms with E-state index >= 15 is 0 Å². The molecule has 1 amide bonds. The first kappa shape index (κ1) is 15.3. The minimum Gasteiger partial charge on any atom is -0.487 e. The Hall–Kier alpha value is -1.59. The van der Waals surface area contributed by atoms with E-state index < -0.39 is 0 Å². The Labute approximate surface area is 131 Å². The number of benzene rings is 1. The zero-order valence-corrected chi connectivity index (χ0v) is 13.1. The average Bonchev–Trinajstić information content (AvgIpc) is 3.12. The highest BCUT2D eigenvalue weighted by Gasteiger charge is 2.37. The first-order chi connectivity index (χ1) is 10.6. The van der Waals surface area contributed by atoms with Crippen molar-refractivity contribution in [3.63, 3.8) is 0 Å². The van der Waals surface area contributed by atoms with Gasteiger partial charge in [0.1, 0.15) is 18.0 Å². The minimum absolute atomic E-state index is 0.0111. The normalized spacial score (nSPS) is 31.4. The van der Waals surface area contributed by atoms with Gasteiger partial charge in [-0.1, -0.05) is 25.1 Å². The molecule has 1 fully saturated rings. The van der Waals surface area contributed by atoms with E-state index in [0.29, 0.717) is 6.54 Å². The quantitative estimate of drug-likeness (QED) is 0.885. The molecule has 1 aromatic rings. The van der Waals surface area contributed by atoms with Gasteiger partial charge < -0.3 is 20.5 Å². The van der Waals surface area contributed by atoms with E-state index in [4.69, 9.17) is 15.2 Å². The number of amides is 1. The van der Waals surface area contributed by atoms with E-state index in [-0.39, 0.29) is 36.2 Å². The predicted molar refractivity (Wildman–Crippen MR) is 83.8 cm³/mol. The fourth-order valence-electron chi connectivity index (χ4n) is 3.40. The summed E-state index contributed by atoms with van der Waals surface area (Å²) in [6.07, 6.45) is 1.17. The van der Waals surface area contributed by atoms with Crippen LogP contribution in [0.25, 0.3) is 0 Å². The zero-order chi connectivity index (χ0) is 15.7. The van der Waals surface area contributed by atoms with Crippen LogP contribution >= 0.6 is 0 Å². The van der Waals surface area contributed by atoms with Crippen LogP contribution in [-0.2, 0) is 9.53 Å². The molecule has 0 aromatic heterocycles. The molecule has 1 aromatic carbocycles. The predicted octanol–water partition coefficient (Wildman–Crippen LogP) is 1.56. The van der Waals surface area contributed by atoms with Crippen molar-refractivity contribution in [3.8, 4) is 5.75 Å². The van der Waals surface area contributed by atoms with E-state index in [9.17, 15) is 4.79 Å². The molecule has 0 spiro atoms. The second kappa shape index (κ2) is 6.26. The molecule has 2 heterocycles. The maximum Gasteiger partial charge on any atom is 0.249 e. The summed E-state index contributed by atoms with van der Waals surface area (Å²) in [5.74, 6) is 1.12. The van der Waals surface area contributed by atoms with Gasteiger partial charge in [-0.2, -0.15) is 0 Å². The van der Waals surface area contributed by atoms with Crippen LogP contribution in [0.4, 0.5) is 0 Å². The lowest BCUT2D eigenvalue weighted by atomic mass is 9.93. The van der Waals surface area contributed by atoms with Gasteiger partial charge >= 0.3 is 0 Å². The lowest BCUT2D eigenvalue weighted by Gasteiger charge is -2.25. The summed E-state index contributed by atoms with van der Waals surface area (Å²) >= 11 is 0. The summed E-state index contributed by atoms with van der Waals surface area (Å²) in [6.45, 7) is 4.59. The summed E-state index contributed by atoms with van der Waals surface area (Å²) < 4.78 is 11.7. The van der Waals surface area contributed by atoms with Gasteiger partial charge in [0.15, 0.2) is 0 Å². The highest BCUT2D eigenvalue weighted by Crippen LogP contribution is 2.38. The van der Waals surface area contributed by atoms with Crippen LogP contribution in [0.1, 0.15) is 38.2 Å². The van der Waals surface area contributed by atoms with Crippen molar-refractivity contribution in [2.24, 2.45) is 5.73 Å². The van der Waals surface area contributed by atoms with Crippen molar-refractivity contribution in [3.05, 3.63) is 29.8 Å². The molecule has 2 aliphatic rings. The monoisotopic (exact) mass is 304 g/mol. The maximum absolute atomic E-state index is 12.3. The molecule has 1 saturated heterocycles. The van der Waals surface area contributed by atoms with Crippen LogP contribution in [0.5, 0.6) is 5.75 Å². The Bertz CT molecular complexity index is 548. The van der Waals surface area contributed by atoms with E-state index in [2.05, 4.69) is 18.3 Å². The van der Waals surface area contributed by atoms with Crippen LogP contribution < -0.4 is 15.8 Å². The number of hydrogen-bond donors (Lipinski definition) is 2. The zero-order valence-electron chi connectivity index (χ0n) is 13.1. The molecule has 0 aliphatic carbocycles. The Kier molecular flexibility index (Phi) is 4.36. The van der Waals surface area contributed by atoms with Crippen molar-refractivity contribution in [1.82, 2.24) is 5.32 Å². The largest absolute Gasteiger partial charge is 0.487 e. The van der Waals surface area contributed by atoms with Gasteiger partial charge in [-0.25, -0.2) is 0 Å². The lowest BCUT2D eigenvalue weighted by molar-refractivity contribution is -0.133. The number of ether oxygens (including phenoxy) is 2. The summed E-state index contributed by atoms with van der Waals surface area (Å²) in [5, 5.41) is 3.04. The number of para-hydroxylation sites is 1. The topological polar surface area (TPSA) is 73.6 Å². The van der Waals surface area contributed by atoms with Crippen molar-refractivity contribution in [2.45, 2.75) is 57.0 Å². The second-order valence-electron chi connectivity index (χ2n) is 6.27. The van der Waals surface area contributed by atoms with Crippen molar-refractivity contribution in [2.75, 3.05) is 6.54 Å². The third-order valence-corrected chi connectivity index (χ3v) is 4.69. The van der Waals surface area contributed by atoms with Gasteiger partial charge in [0, 0.05) is 18.0 Å². The van der Waals surface area contributed by atoms with Gasteiger partial charge in [-0.3, -0.25) is 4.79 Å². The van der Waals surface area contributed by atoms with Gasteiger partial charge in [0.2, 0.25) is 5.91 Å². The molecule has 5 atom stereocenters. The minimum atomic E-state index is -0.380. The lowest BCUT2D eigenvalue weighted by Crippen LogP contribution is -2.48. The van der Waals surface area contributed by atoms with Gasteiger partial charge in [0.25, 0.3) is 0 Å². The summed E-state index contributed by atoms with van der Waals surface area (Å²) in [6, 6.07) is 7.97. The third-order valence-electron chi connectivity index (χ3n) is 4.69. The maximum atomic E-state index is 12.3. The molecule has 3 rings (SSSR count). The molecular weight excluding hydrogens is 280 g/mol. The highest BCUT2D eigenvalue weighted by atomic mass is 16.5. The molecule has 0 saturated carbocycles. The summed E-state index contributed by atoms with van der Waals surface area (Å²) in [5.41, 5.74) is 6.79. The van der Waals surface area contributed by atoms with E-state index in [1.165, 1.54) is 5.56 Å². The molecule has 120 valence electrons. The number of nitrogens with one attached hydrogen (secondary N) is 1. The fraction of sp³-hybridized carbons (Fsp3) is 0.588. The molecule has 3 N–H and O–H groups in total. The number of carbonyl (C=O) groups is 1.